The molecule has 0 saturated heterocycles. The zero-order chi connectivity index (χ0) is 38.4. The number of aromatic nitrogens is 2. The highest BCUT2D eigenvalue weighted by atomic mass is 35.5. The van der Waals surface area contributed by atoms with Crippen molar-refractivity contribution < 1.29 is 14.3 Å². The molecule has 4 aromatic carbocycles. The maximum absolute atomic E-state index is 12.9. The van der Waals surface area contributed by atoms with Gasteiger partial charge in [-0.3, -0.25) is 4.79 Å². The number of nitrogens with zero attached hydrogens (tertiary/aromatic N) is 2. The van der Waals surface area contributed by atoms with Crippen LogP contribution in [0.3, 0.4) is 0 Å². The molecule has 1 amide bonds. The minimum Gasteiger partial charge on any atom is -0.461 e. The number of carbonyl (C=O) groups is 2. The van der Waals surface area contributed by atoms with Gasteiger partial charge in [-0.1, -0.05) is 119 Å². The van der Waals surface area contributed by atoms with Crippen LogP contribution in [0.5, 0.6) is 0 Å². The van der Waals surface area contributed by atoms with Crippen molar-refractivity contribution in [3.63, 3.8) is 0 Å². The van der Waals surface area contributed by atoms with E-state index in [1.807, 2.05) is 48.5 Å². The van der Waals surface area contributed by atoms with Crippen molar-refractivity contribution in [3.05, 3.63) is 125 Å². The molecule has 0 radical (unpaired) electrons. The third-order valence-corrected chi connectivity index (χ3v) is 12.2. The van der Waals surface area contributed by atoms with Crippen LogP contribution in [0, 0.1) is 0 Å². The molecule has 6 nitrogen and oxygen atoms in total. The second-order valence-corrected chi connectivity index (χ2v) is 16.7. The van der Waals surface area contributed by atoms with E-state index in [1.54, 1.807) is 43.3 Å². The van der Waals surface area contributed by atoms with Gasteiger partial charge in [-0.2, -0.15) is 0 Å². The van der Waals surface area contributed by atoms with E-state index >= 15 is 0 Å². The van der Waals surface area contributed by atoms with Gasteiger partial charge in [0.25, 0.3) is 5.91 Å². The summed E-state index contributed by atoms with van der Waals surface area (Å²) in [7, 11) is 0. The number of carbonyl (C=O) groups excluding carboxylic acids is 2. The van der Waals surface area contributed by atoms with E-state index in [0.29, 0.717) is 46.5 Å². The Morgan fingerprint density at radius 2 is 1.17 bits per heavy atom. The molecular formula is C40H31Cl6N3O3S2. The van der Waals surface area contributed by atoms with Gasteiger partial charge in [0.05, 0.1) is 37.8 Å². The smallest absolute Gasteiger partial charge is 0.367 e. The van der Waals surface area contributed by atoms with Crippen LogP contribution in [0.2, 0.25) is 30.1 Å². The highest BCUT2D eigenvalue weighted by molar-refractivity contribution is 7.18. The molecule has 1 fully saturated rings. The third-order valence-electron chi connectivity index (χ3n) is 8.43. The van der Waals surface area contributed by atoms with Crippen molar-refractivity contribution in [1.82, 2.24) is 15.3 Å². The molecule has 0 unspecified atom stereocenters. The van der Waals surface area contributed by atoms with Crippen LogP contribution in [0.25, 0.3) is 43.4 Å². The quantitative estimate of drug-likeness (QED) is 0.154. The topological polar surface area (TPSA) is 81.2 Å². The Labute approximate surface area is 351 Å². The van der Waals surface area contributed by atoms with Crippen LogP contribution in [0.15, 0.2) is 84.9 Å². The van der Waals surface area contributed by atoms with Gasteiger partial charge in [0, 0.05) is 42.8 Å². The molecule has 0 bridgehead atoms. The van der Waals surface area contributed by atoms with E-state index in [2.05, 4.69) is 15.3 Å². The number of nitrogens with one attached hydrogen (secondary N) is 1. The van der Waals surface area contributed by atoms with Crippen LogP contribution >= 0.6 is 92.3 Å². The summed E-state index contributed by atoms with van der Waals surface area (Å²) in [6.07, 6.45) is 5.60. The summed E-state index contributed by atoms with van der Waals surface area (Å²) in [6.45, 7) is 2.04. The lowest BCUT2D eigenvalue weighted by atomic mass is 9.95. The highest BCUT2D eigenvalue weighted by Gasteiger charge is 2.24. The molecule has 0 atom stereocenters. The van der Waals surface area contributed by atoms with Gasteiger partial charge in [0.15, 0.2) is 5.01 Å². The number of thiazole rings is 2. The average Bonchev–Trinajstić information content (AvgIpc) is 3.79. The van der Waals surface area contributed by atoms with Gasteiger partial charge in [-0.15, -0.1) is 22.7 Å². The van der Waals surface area contributed by atoms with Crippen LogP contribution in [0.4, 0.5) is 0 Å². The number of halogens is 6. The van der Waals surface area contributed by atoms with Gasteiger partial charge < -0.3 is 10.1 Å². The fraction of sp³-hybridized carbons (Fsp3) is 0.200. The number of ether oxygens (including phenoxy) is 1. The molecule has 7 rings (SSSR count). The summed E-state index contributed by atoms with van der Waals surface area (Å²) in [5, 5.41) is 7.20. The lowest BCUT2D eigenvalue weighted by Gasteiger charge is -2.22. The number of hydrogen-bond donors (Lipinski definition) is 1. The van der Waals surface area contributed by atoms with E-state index in [-0.39, 0.29) is 23.6 Å². The van der Waals surface area contributed by atoms with Crippen molar-refractivity contribution in [2.45, 2.75) is 45.1 Å². The van der Waals surface area contributed by atoms with E-state index in [0.717, 1.165) is 57.7 Å². The lowest BCUT2D eigenvalue weighted by molar-refractivity contribution is 0.0526. The molecule has 0 aliphatic heterocycles. The summed E-state index contributed by atoms with van der Waals surface area (Å²) >= 11 is 39.5. The highest BCUT2D eigenvalue weighted by Crippen LogP contribution is 2.42. The maximum Gasteiger partial charge on any atom is 0.367 e. The van der Waals surface area contributed by atoms with Crippen molar-refractivity contribution >= 4 is 104 Å². The van der Waals surface area contributed by atoms with E-state index in [1.165, 1.54) is 29.1 Å². The van der Waals surface area contributed by atoms with Gasteiger partial charge in [-0.05, 0) is 79.9 Å². The minimum absolute atomic E-state index is 0.131. The predicted molar refractivity (Wildman–Crippen MR) is 226 cm³/mol. The molecule has 1 N–H and O–H groups in total. The van der Waals surface area contributed by atoms with E-state index in [4.69, 9.17) is 74.3 Å². The van der Waals surface area contributed by atoms with Crippen LogP contribution in [-0.4, -0.2) is 34.5 Å². The monoisotopic (exact) mass is 875 g/mol. The summed E-state index contributed by atoms with van der Waals surface area (Å²) in [4.78, 5) is 35.8. The number of esters is 1. The first kappa shape index (κ1) is 40.5. The summed E-state index contributed by atoms with van der Waals surface area (Å²) in [5.41, 5.74) is 4.58. The van der Waals surface area contributed by atoms with E-state index < -0.39 is 5.97 Å². The number of benzene rings is 4. The number of hydrogen-bond acceptors (Lipinski definition) is 7. The fourth-order valence-electron chi connectivity index (χ4n) is 5.83. The largest absolute Gasteiger partial charge is 0.461 e. The lowest BCUT2D eigenvalue weighted by Crippen LogP contribution is -2.36. The Kier molecular flexibility index (Phi) is 14.0. The first-order valence-electron chi connectivity index (χ1n) is 16.9. The molecule has 1 aliphatic carbocycles. The Bertz CT molecular complexity index is 2270. The normalized spacial score (nSPS) is 12.9. The maximum atomic E-state index is 12.9. The standard InChI is InChI=1S/C22H19Cl3N2OS.C18H12Cl3NO2S/c23-14-8-6-13(7-9-14)20-19(17-11-10-15(24)12-18(17)25)27-22(29-20)21(28)26-16-4-2-1-3-5-16;1-2-24-18(23)17-22-15(10-3-5-11(19)6-4-10)16(25-17)13-8-7-12(20)9-14(13)21/h6-12,16H,1-5H2,(H,26,28);3-9H,2H2,1H3. The van der Waals surface area contributed by atoms with Gasteiger partial charge >= 0.3 is 5.97 Å². The molecule has 1 aliphatic rings. The Balaban J connectivity index is 0.000000186. The van der Waals surface area contributed by atoms with E-state index in [9.17, 15) is 9.59 Å². The summed E-state index contributed by atoms with van der Waals surface area (Å²) in [5.74, 6) is -0.590. The van der Waals surface area contributed by atoms with Crippen LogP contribution in [-0.2, 0) is 4.74 Å². The molecule has 278 valence electrons. The zero-order valence-corrected chi connectivity index (χ0v) is 34.8. The SMILES string of the molecule is CCOC(=O)c1nc(-c2ccc(Cl)cc2)c(-c2ccc(Cl)cc2Cl)s1.O=C(NC1CCCCC1)c1nc(-c2ccc(Cl)cc2Cl)c(-c2ccc(Cl)cc2)s1. The summed E-state index contributed by atoms with van der Waals surface area (Å²) < 4.78 is 5.07. The van der Waals surface area contributed by atoms with Crippen molar-refractivity contribution in [3.8, 4) is 43.4 Å². The molecule has 14 heteroatoms. The predicted octanol–water partition coefficient (Wildman–Crippen LogP) is 14.1. The third kappa shape index (κ3) is 9.97. The second kappa shape index (κ2) is 18.6. The molecule has 2 aromatic heterocycles. The molecule has 54 heavy (non-hydrogen) atoms. The Morgan fingerprint density at radius 1 is 0.648 bits per heavy atom. The van der Waals surface area contributed by atoms with Gasteiger partial charge in [0.1, 0.15) is 0 Å². The minimum atomic E-state index is -0.459. The number of amides is 1. The van der Waals surface area contributed by atoms with Crippen molar-refractivity contribution in [2.75, 3.05) is 6.61 Å². The molecule has 1 saturated carbocycles. The Hall–Kier alpha value is -3.18. The Morgan fingerprint density at radius 3 is 1.74 bits per heavy atom. The van der Waals surface area contributed by atoms with Crippen LogP contribution < -0.4 is 5.32 Å². The molecule has 0 spiro atoms. The average molecular weight is 879 g/mol. The zero-order valence-electron chi connectivity index (χ0n) is 28.6. The summed E-state index contributed by atoms with van der Waals surface area (Å²) in [6, 6.07) is 25.5. The van der Waals surface area contributed by atoms with Crippen molar-refractivity contribution in [1.29, 1.82) is 0 Å². The molecular weight excluding hydrogens is 847 g/mol. The molecule has 2 heterocycles. The fourth-order valence-corrected chi connectivity index (χ4v) is 9.15. The van der Waals surface area contributed by atoms with Crippen LogP contribution in [0.1, 0.15) is 58.6 Å². The second-order valence-electron chi connectivity index (χ2n) is 12.2. The van der Waals surface area contributed by atoms with Gasteiger partial charge in [-0.25, -0.2) is 14.8 Å². The first-order chi connectivity index (χ1) is 26.0. The van der Waals surface area contributed by atoms with Crippen molar-refractivity contribution in [2.24, 2.45) is 0 Å². The number of rotatable bonds is 8. The van der Waals surface area contributed by atoms with Gasteiger partial charge in [0.2, 0.25) is 5.01 Å². The molecule has 6 aromatic rings. The first-order valence-corrected chi connectivity index (χ1v) is 20.8.